The standard InChI is InChI=1S/C9H16N2O2/c1-11-6-8(13-9(11)12)7-4-2-3-5-10-7/h7-8,10H,2-6H2,1H3. The van der Waals surface area contributed by atoms with Crippen LogP contribution in [0.3, 0.4) is 0 Å². The molecule has 0 saturated carbocycles. The monoisotopic (exact) mass is 184 g/mol. The SMILES string of the molecule is CN1CC(C2CCCCN2)OC1=O. The molecule has 0 aromatic rings. The second-order valence-corrected chi connectivity index (χ2v) is 3.86. The first-order valence-electron chi connectivity index (χ1n) is 4.92. The van der Waals surface area contributed by atoms with Crippen LogP contribution in [0.25, 0.3) is 0 Å². The van der Waals surface area contributed by atoms with Crippen molar-refractivity contribution in [2.24, 2.45) is 0 Å². The van der Waals surface area contributed by atoms with Crippen molar-refractivity contribution in [3.05, 3.63) is 0 Å². The van der Waals surface area contributed by atoms with Crippen LogP contribution < -0.4 is 5.32 Å². The predicted molar refractivity (Wildman–Crippen MR) is 48.5 cm³/mol. The summed E-state index contributed by atoms with van der Waals surface area (Å²) in [6.45, 7) is 1.79. The molecule has 0 aromatic heterocycles. The Kier molecular flexibility index (Phi) is 2.40. The molecule has 2 aliphatic rings. The molecule has 0 spiro atoms. The van der Waals surface area contributed by atoms with E-state index in [0.29, 0.717) is 6.04 Å². The lowest BCUT2D eigenvalue weighted by molar-refractivity contribution is 0.106. The van der Waals surface area contributed by atoms with Crippen LogP contribution in [-0.2, 0) is 4.74 Å². The van der Waals surface area contributed by atoms with Gasteiger partial charge in [-0.25, -0.2) is 4.79 Å². The van der Waals surface area contributed by atoms with Crippen LogP contribution in [0, 0.1) is 0 Å². The molecule has 0 radical (unpaired) electrons. The molecule has 2 heterocycles. The Morgan fingerprint density at radius 1 is 1.54 bits per heavy atom. The van der Waals surface area contributed by atoms with Crippen molar-refractivity contribution in [3.63, 3.8) is 0 Å². The minimum Gasteiger partial charge on any atom is -0.443 e. The van der Waals surface area contributed by atoms with Crippen LogP contribution in [0.2, 0.25) is 0 Å². The van der Waals surface area contributed by atoms with Gasteiger partial charge in [-0.05, 0) is 19.4 Å². The number of nitrogens with zero attached hydrogens (tertiary/aromatic N) is 1. The summed E-state index contributed by atoms with van der Waals surface area (Å²) < 4.78 is 5.24. The van der Waals surface area contributed by atoms with Gasteiger partial charge in [-0.15, -0.1) is 0 Å². The average molecular weight is 184 g/mol. The second kappa shape index (κ2) is 3.54. The van der Waals surface area contributed by atoms with Gasteiger partial charge in [-0.3, -0.25) is 0 Å². The number of nitrogens with one attached hydrogen (secondary N) is 1. The Hall–Kier alpha value is -0.770. The van der Waals surface area contributed by atoms with Crippen molar-refractivity contribution >= 4 is 6.09 Å². The van der Waals surface area contributed by atoms with E-state index in [-0.39, 0.29) is 12.2 Å². The molecule has 2 atom stereocenters. The molecule has 1 N–H and O–H groups in total. The van der Waals surface area contributed by atoms with Crippen LogP contribution in [0.15, 0.2) is 0 Å². The number of hydrogen-bond donors (Lipinski definition) is 1. The minimum absolute atomic E-state index is 0.0674. The van der Waals surface area contributed by atoms with Gasteiger partial charge in [0.1, 0.15) is 6.10 Å². The molecular weight excluding hydrogens is 168 g/mol. The van der Waals surface area contributed by atoms with Crippen LogP contribution in [0.5, 0.6) is 0 Å². The maximum Gasteiger partial charge on any atom is 0.410 e. The Balaban J connectivity index is 1.90. The molecule has 0 aromatic carbocycles. The number of piperidine rings is 1. The lowest BCUT2D eigenvalue weighted by Crippen LogP contribution is -2.44. The van der Waals surface area contributed by atoms with E-state index in [2.05, 4.69) is 5.32 Å². The van der Waals surface area contributed by atoms with Crippen molar-refractivity contribution in [2.45, 2.75) is 31.4 Å². The molecule has 2 unspecified atom stereocenters. The van der Waals surface area contributed by atoms with Gasteiger partial charge in [0.2, 0.25) is 0 Å². The Morgan fingerprint density at radius 3 is 2.92 bits per heavy atom. The molecule has 2 rings (SSSR count). The highest BCUT2D eigenvalue weighted by Crippen LogP contribution is 2.18. The number of cyclic esters (lactones) is 1. The van der Waals surface area contributed by atoms with Gasteiger partial charge < -0.3 is 15.0 Å². The van der Waals surface area contributed by atoms with E-state index in [0.717, 1.165) is 19.5 Å². The fraction of sp³-hybridized carbons (Fsp3) is 0.889. The molecule has 1 amide bonds. The van der Waals surface area contributed by atoms with E-state index in [1.807, 2.05) is 0 Å². The van der Waals surface area contributed by atoms with Gasteiger partial charge in [-0.1, -0.05) is 6.42 Å². The quantitative estimate of drug-likeness (QED) is 0.648. The van der Waals surface area contributed by atoms with Crippen LogP contribution in [0.1, 0.15) is 19.3 Å². The molecule has 0 aliphatic carbocycles. The van der Waals surface area contributed by atoms with Gasteiger partial charge in [0.25, 0.3) is 0 Å². The zero-order valence-corrected chi connectivity index (χ0v) is 7.95. The molecule has 4 nitrogen and oxygen atoms in total. The van der Waals surface area contributed by atoms with Crippen LogP contribution in [-0.4, -0.2) is 43.3 Å². The van der Waals surface area contributed by atoms with E-state index in [4.69, 9.17) is 4.74 Å². The molecule has 0 bridgehead atoms. The van der Waals surface area contributed by atoms with Gasteiger partial charge in [0.15, 0.2) is 0 Å². The highest BCUT2D eigenvalue weighted by atomic mass is 16.6. The molecular formula is C9H16N2O2. The second-order valence-electron chi connectivity index (χ2n) is 3.86. The van der Waals surface area contributed by atoms with E-state index in [9.17, 15) is 4.79 Å². The Morgan fingerprint density at radius 2 is 2.38 bits per heavy atom. The zero-order chi connectivity index (χ0) is 9.26. The third-order valence-corrected chi connectivity index (χ3v) is 2.81. The van der Waals surface area contributed by atoms with Gasteiger partial charge >= 0.3 is 6.09 Å². The van der Waals surface area contributed by atoms with Gasteiger partial charge in [0, 0.05) is 13.1 Å². The van der Waals surface area contributed by atoms with Crippen molar-refractivity contribution in [3.8, 4) is 0 Å². The minimum atomic E-state index is -0.183. The first-order chi connectivity index (χ1) is 6.27. The zero-order valence-electron chi connectivity index (χ0n) is 7.95. The predicted octanol–water partition coefficient (Wildman–Crippen LogP) is 0.579. The summed E-state index contributed by atoms with van der Waals surface area (Å²) >= 11 is 0. The summed E-state index contributed by atoms with van der Waals surface area (Å²) in [7, 11) is 1.78. The van der Waals surface area contributed by atoms with Gasteiger partial charge in [0.05, 0.1) is 6.54 Å². The van der Waals surface area contributed by atoms with E-state index < -0.39 is 0 Å². The molecule has 74 valence electrons. The molecule has 2 aliphatic heterocycles. The fourth-order valence-electron chi connectivity index (χ4n) is 2.01. The maximum atomic E-state index is 11.1. The van der Waals surface area contributed by atoms with Crippen molar-refractivity contribution in [1.82, 2.24) is 10.2 Å². The highest BCUT2D eigenvalue weighted by molar-refractivity contribution is 5.69. The van der Waals surface area contributed by atoms with Crippen molar-refractivity contribution in [1.29, 1.82) is 0 Å². The number of likely N-dealkylation sites (N-methyl/N-ethyl adjacent to an activating group) is 1. The lowest BCUT2D eigenvalue weighted by Gasteiger charge is -2.26. The number of ether oxygens (including phenoxy) is 1. The topological polar surface area (TPSA) is 41.6 Å². The maximum absolute atomic E-state index is 11.1. The first kappa shape index (κ1) is 8.81. The third kappa shape index (κ3) is 1.77. The molecule has 2 saturated heterocycles. The number of hydrogen-bond acceptors (Lipinski definition) is 3. The average Bonchev–Trinajstić information content (AvgIpc) is 2.49. The highest BCUT2D eigenvalue weighted by Gasteiger charge is 2.34. The summed E-state index contributed by atoms with van der Waals surface area (Å²) in [6, 6.07) is 0.377. The smallest absolute Gasteiger partial charge is 0.410 e. The summed E-state index contributed by atoms with van der Waals surface area (Å²) in [5, 5.41) is 3.40. The lowest BCUT2D eigenvalue weighted by atomic mass is 10.00. The first-order valence-corrected chi connectivity index (χ1v) is 4.92. The molecule has 4 heteroatoms. The summed E-state index contributed by atoms with van der Waals surface area (Å²) in [5.74, 6) is 0. The van der Waals surface area contributed by atoms with Crippen LogP contribution >= 0.6 is 0 Å². The van der Waals surface area contributed by atoms with Crippen molar-refractivity contribution < 1.29 is 9.53 Å². The summed E-state index contributed by atoms with van der Waals surface area (Å²) in [6.07, 6.45) is 3.50. The third-order valence-electron chi connectivity index (χ3n) is 2.81. The normalized spacial score (nSPS) is 34.8. The molecule has 13 heavy (non-hydrogen) atoms. The largest absolute Gasteiger partial charge is 0.443 e. The summed E-state index contributed by atoms with van der Waals surface area (Å²) in [4.78, 5) is 12.7. The number of amides is 1. The Labute approximate surface area is 78.2 Å². The number of carbonyl (C=O) groups excluding carboxylic acids is 1. The molecule has 2 fully saturated rings. The summed E-state index contributed by atoms with van der Waals surface area (Å²) in [5.41, 5.74) is 0. The fourth-order valence-corrected chi connectivity index (χ4v) is 2.01. The van der Waals surface area contributed by atoms with Gasteiger partial charge in [-0.2, -0.15) is 0 Å². The van der Waals surface area contributed by atoms with Crippen LogP contribution in [0.4, 0.5) is 4.79 Å². The number of carbonyl (C=O) groups is 1. The van der Waals surface area contributed by atoms with E-state index in [1.54, 1.807) is 11.9 Å². The van der Waals surface area contributed by atoms with E-state index in [1.165, 1.54) is 12.8 Å². The van der Waals surface area contributed by atoms with E-state index >= 15 is 0 Å². The Bertz CT molecular complexity index is 202. The number of rotatable bonds is 1. The van der Waals surface area contributed by atoms with Crippen molar-refractivity contribution in [2.75, 3.05) is 20.1 Å².